The van der Waals surface area contributed by atoms with Crippen LogP contribution < -0.4 is 21.7 Å². The monoisotopic (exact) mass is 304 g/mol. The quantitative estimate of drug-likeness (QED) is 0.492. The van der Waals surface area contributed by atoms with Gasteiger partial charge < -0.3 is 10.3 Å². The standard InChI is InChI=1S/C14H16N4O2S/c1-8(2)15-14(21)18-17-13(20)11-7-9-5-3-4-6-10(9)12(19)16-11/h3-8H,1-2H3,(H,16,19)(H,17,20)(H2,15,18,21). The van der Waals surface area contributed by atoms with Crippen molar-refractivity contribution < 1.29 is 4.79 Å². The molecule has 2 rings (SSSR count). The fourth-order valence-electron chi connectivity index (χ4n) is 1.81. The van der Waals surface area contributed by atoms with Gasteiger partial charge in [-0.15, -0.1) is 0 Å². The zero-order valence-electron chi connectivity index (χ0n) is 11.7. The summed E-state index contributed by atoms with van der Waals surface area (Å²) in [5.74, 6) is -0.467. The Kier molecular flexibility index (Phi) is 4.54. The van der Waals surface area contributed by atoms with Gasteiger partial charge in [0.15, 0.2) is 5.11 Å². The van der Waals surface area contributed by atoms with E-state index in [4.69, 9.17) is 12.2 Å². The summed E-state index contributed by atoms with van der Waals surface area (Å²) < 4.78 is 0. The Morgan fingerprint density at radius 1 is 1.24 bits per heavy atom. The largest absolute Gasteiger partial charge is 0.359 e. The van der Waals surface area contributed by atoms with Gasteiger partial charge in [-0.25, -0.2) is 0 Å². The van der Waals surface area contributed by atoms with E-state index in [0.29, 0.717) is 15.9 Å². The molecule has 21 heavy (non-hydrogen) atoms. The summed E-state index contributed by atoms with van der Waals surface area (Å²) in [5, 5.41) is 4.47. The predicted molar refractivity (Wildman–Crippen MR) is 86.0 cm³/mol. The SMILES string of the molecule is CC(C)NC(=S)NNC(=O)c1cc2ccccc2c(=O)[nH]1. The number of rotatable bonds is 2. The lowest BCUT2D eigenvalue weighted by atomic mass is 10.1. The second kappa shape index (κ2) is 6.36. The van der Waals surface area contributed by atoms with Crippen LogP contribution in [0.3, 0.4) is 0 Å². The van der Waals surface area contributed by atoms with Crippen LogP contribution in [0.1, 0.15) is 24.3 Å². The van der Waals surface area contributed by atoms with Crippen LogP contribution in [0.25, 0.3) is 10.8 Å². The van der Waals surface area contributed by atoms with Crippen molar-refractivity contribution in [2.45, 2.75) is 19.9 Å². The molecule has 0 unspecified atom stereocenters. The molecule has 1 amide bonds. The van der Waals surface area contributed by atoms with Gasteiger partial charge in [-0.3, -0.25) is 20.4 Å². The van der Waals surface area contributed by atoms with Gasteiger partial charge in [0.05, 0.1) is 0 Å². The van der Waals surface area contributed by atoms with Crippen LogP contribution in [-0.4, -0.2) is 22.0 Å². The minimum Gasteiger partial charge on any atom is -0.359 e. The summed E-state index contributed by atoms with van der Waals surface area (Å²) in [6.45, 7) is 3.85. The van der Waals surface area contributed by atoms with Gasteiger partial charge in [0, 0.05) is 11.4 Å². The first-order valence-electron chi connectivity index (χ1n) is 6.46. The fourth-order valence-corrected chi connectivity index (χ4v) is 2.10. The van der Waals surface area contributed by atoms with Gasteiger partial charge in [0.25, 0.3) is 11.5 Å². The molecule has 0 fully saturated rings. The molecule has 1 aromatic heterocycles. The molecule has 4 N–H and O–H groups in total. The zero-order valence-corrected chi connectivity index (χ0v) is 12.5. The molecular formula is C14H16N4O2S. The molecule has 0 aliphatic rings. The Morgan fingerprint density at radius 3 is 2.67 bits per heavy atom. The number of carbonyl (C=O) groups is 1. The normalized spacial score (nSPS) is 10.4. The summed E-state index contributed by atoms with van der Waals surface area (Å²) in [5.41, 5.74) is 4.87. The molecule has 0 aliphatic heterocycles. The number of hydrogen-bond donors (Lipinski definition) is 4. The highest BCUT2D eigenvalue weighted by Gasteiger charge is 2.09. The lowest BCUT2D eigenvalue weighted by Crippen LogP contribution is -2.48. The van der Waals surface area contributed by atoms with E-state index < -0.39 is 5.91 Å². The van der Waals surface area contributed by atoms with Crippen LogP contribution in [-0.2, 0) is 0 Å². The number of benzene rings is 1. The number of amides is 1. The van der Waals surface area contributed by atoms with Gasteiger partial charge >= 0.3 is 0 Å². The summed E-state index contributed by atoms with van der Waals surface area (Å²) in [7, 11) is 0. The van der Waals surface area contributed by atoms with Crippen molar-refractivity contribution in [3.8, 4) is 0 Å². The minimum atomic E-state index is -0.467. The molecule has 0 saturated carbocycles. The van der Waals surface area contributed by atoms with Crippen molar-refractivity contribution in [2.24, 2.45) is 0 Å². The molecule has 6 nitrogen and oxygen atoms in total. The van der Waals surface area contributed by atoms with E-state index in [2.05, 4.69) is 21.2 Å². The van der Waals surface area contributed by atoms with E-state index in [-0.39, 0.29) is 17.3 Å². The molecule has 0 atom stereocenters. The summed E-state index contributed by atoms with van der Waals surface area (Å²) >= 11 is 4.99. The van der Waals surface area contributed by atoms with Gasteiger partial charge in [-0.05, 0) is 43.6 Å². The van der Waals surface area contributed by atoms with E-state index in [9.17, 15) is 9.59 Å². The van der Waals surface area contributed by atoms with Crippen LogP contribution >= 0.6 is 12.2 Å². The van der Waals surface area contributed by atoms with E-state index in [1.165, 1.54) is 0 Å². The summed E-state index contributed by atoms with van der Waals surface area (Å²) in [4.78, 5) is 26.4. The first-order valence-corrected chi connectivity index (χ1v) is 6.87. The van der Waals surface area contributed by atoms with E-state index in [1.54, 1.807) is 24.3 Å². The lowest BCUT2D eigenvalue weighted by Gasteiger charge is -2.13. The second-order valence-corrected chi connectivity index (χ2v) is 5.21. The summed E-state index contributed by atoms with van der Waals surface area (Å²) in [6.07, 6.45) is 0. The third-order valence-electron chi connectivity index (χ3n) is 2.71. The molecule has 0 saturated heterocycles. The predicted octanol–water partition coefficient (Wildman–Crippen LogP) is 1.05. The van der Waals surface area contributed by atoms with Crippen LogP contribution in [0.15, 0.2) is 35.1 Å². The fraction of sp³-hybridized carbons (Fsp3) is 0.214. The van der Waals surface area contributed by atoms with Gasteiger partial charge in [-0.1, -0.05) is 18.2 Å². The smallest absolute Gasteiger partial charge is 0.286 e. The first kappa shape index (κ1) is 15.0. The average molecular weight is 304 g/mol. The van der Waals surface area contributed by atoms with E-state index >= 15 is 0 Å². The first-order chi connectivity index (χ1) is 9.97. The number of pyridine rings is 1. The molecule has 7 heteroatoms. The molecular weight excluding hydrogens is 288 g/mol. The van der Waals surface area contributed by atoms with Gasteiger partial charge in [0.2, 0.25) is 0 Å². The maximum atomic E-state index is 12.0. The Balaban J connectivity index is 2.13. The van der Waals surface area contributed by atoms with Gasteiger partial charge in [0.1, 0.15) is 5.69 Å². The maximum Gasteiger partial charge on any atom is 0.286 e. The maximum absolute atomic E-state index is 12.0. The highest BCUT2D eigenvalue weighted by atomic mass is 32.1. The Hall–Kier alpha value is -2.41. The second-order valence-electron chi connectivity index (χ2n) is 4.81. The molecule has 1 heterocycles. The number of aromatic nitrogens is 1. The topological polar surface area (TPSA) is 86.0 Å². The van der Waals surface area contributed by atoms with E-state index in [0.717, 1.165) is 0 Å². The number of aromatic amines is 1. The molecule has 0 radical (unpaired) electrons. The summed E-state index contributed by atoms with van der Waals surface area (Å²) in [6, 6.07) is 8.84. The Bertz CT molecular complexity index is 739. The van der Waals surface area contributed by atoms with Gasteiger partial charge in [-0.2, -0.15) is 0 Å². The van der Waals surface area contributed by atoms with Crippen LogP contribution in [0.2, 0.25) is 0 Å². The third kappa shape index (κ3) is 3.79. The number of thiocarbonyl (C=S) groups is 1. The molecule has 2 aromatic rings. The van der Waals surface area contributed by atoms with E-state index in [1.807, 2.05) is 19.9 Å². The number of carbonyl (C=O) groups excluding carboxylic acids is 1. The Morgan fingerprint density at radius 2 is 1.95 bits per heavy atom. The highest BCUT2D eigenvalue weighted by molar-refractivity contribution is 7.80. The lowest BCUT2D eigenvalue weighted by molar-refractivity contribution is 0.0938. The van der Waals surface area contributed by atoms with Crippen molar-refractivity contribution in [3.63, 3.8) is 0 Å². The number of hydrogen-bond acceptors (Lipinski definition) is 3. The number of fused-ring (bicyclic) bond motifs is 1. The van der Waals surface area contributed by atoms with Crippen molar-refractivity contribution in [3.05, 3.63) is 46.4 Å². The highest BCUT2D eigenvalue weighted by Crippen LogP contribution is 2.09. The zero-order chi connectivity index (χ0) is 15.4. The number of H-pyrrole nitrogens is 1. The number of nitrogens with one attached hydrogen (secondary N) is 4. The van der Waals surface area contributed by atoms with Crippen LogP contribution in [0, 0.1) is 0 Å². The molecule has 0 spiro atoms. The molecule has 0 aliphatic carbocycles. The molecule has 1 aromatic carbocycles. The van der Waals surface area contributed by atoms with Crippen LogP contribution in [0.5, 0.6) is 0 Å². The third-order valence-corrected chi connectivity index (χ3v) is 2.93. The number of hydrazine groups is 1. The molecule has 110 valence electrons. The van der Waals surface area contributed by atoms with Crippen molar-refractivity contribution in [2.75, 3.05) is 0 Å². The van der Waals surface area contributed by atoms with Crippen molar-refractivity contribution in [1.29, 1.82) is 0 Å². The van der Waals surface area contributed by atoms with Crippen molar-refractivity contribution >= 4 is 34.0 Å². The minimum absolute atomic E-state index is 0.155. The molecule has 0 bridgehead atoms. The van der Waals surface area contributed by atoms with Crippen molar-refractivity contribution in [1.82, 2.24) is 21.2 Å². The van der Waals surface area contributed by atoms with Crippen LogP contribution in [0.4, 0.5) is 0 Å². The average Bonchev–Trinajstić information content (AvgIpc) is 2.44. The Labute approximate surface area is 126 Å².